The monoisotopic (exact) mass is 227 g/mol. The topological polar surface area (TPSA) is 82.0 Å². The summed E-state index contributed by atoms with van der Waals surface area (Å²) >= 11 is 0. The van der Waals surface area contributed by atoms with Gasteiger partial charge in [-0.05, 0) is 17.7 Å². The van der Waals surface area contributed by atoms with Crippen LogP contribution in [0.4, 0.5) is 0 Å². The van der Waals surface area contributed by atoms with Gasteiger partial charge < -0.3 is 25.4 Å². The third-order valence-corrected chi connectivity index (χ3v) is 2.28. The van der Waals surface area contributed by atoms with Crippen molar-refractivity contribution in [3.63, 3.8) is 0 Å². The van der Waals surface area contributed by atoms with E-state index in [4.69, 9.17) is 14.9 Å². The number of phenols is 1. The molecule has 0 bridgehead atoms. The fourth-order valence-electron chi connectivity index (χ4n) is 1.28. The third-order valence-electron chi connectivity index (χ3n) is 2.28. The summed E-state index contributed by atoms with van der Waals surface area (Å²) in [5.41, 5.74) is 0.904. The van der Waals surface area contributed by atoms with Gasteiger partial charge in [-0.2, -0.15) is 0 Å². The number of phenolic OH excluding ortho intramolecular Hbond substituents is 1. The quantitative estimate of drug-likeness (QED) is 0.543. The lowest BCUT2D eigenvalue weighted by atomic mass is 10.2. The highest BCUT2D eigenvalue weighted by atomic mass is 16.5. The number of nitrogens with one attached hydrogen (secondary N) is 1. The summed E-state index contributed by atoms with van der Waals surface area (Å²) in [7, 11) is 1.48. The van der Waals surface area contributed by atoms with Crippen LogP contribution in [-0.4, -0.2) is 41.7 Å². The number of hydrogen-bond acceptors (Lipinski definition) is 5. The van der Waals surface area contributed by atoms with Crippen molar-refractivity contribution in [2.75, 3.05) is 20.3 Å². The second-order valence-corrected chi connectivity index (χ2v) is 3.45. The van der Waals surface area contributed by atoms with Gasteiger partial charge in [0.05, 0.1) is 26.4 Å². The minimum atomic E-state index is -0.334. The fraction of sp³-hybridized carbons (Fsp3) is 0.455. The first-order valence-electron chi connectivity index (χ1n) is 5.02. The highest BCUT2D eigenvalue weighted by Gasteiger charge is 2.06. The molecule has 16 heavy (non-hydrogen) atoms. The summed E-state index contributed by atoms with van der Waals surface area (Å²) < 4.78 is 4.97. The zero-order valence-corrected chi connectivity index (χ0v) is 9.18. The predicted octanol–water partition coefficient (Wildman–Crippen LogP) is -0.156. The molecule has 0 unspecified atom stereocenters. The lowest BCUT2D eigenvalue weighted by Crippen LogP contribution is -2.35. The maximum Gasteiger partial charge on any atom is 0.160 e. The number of rotatable bonds is 6. The Kier molecular flexibility index (Phi) is 5.04. The number of aliphatic hydroxyl groups is 2. The van der Waals surface area contributed by atoms with Crippen LogP contribution in [-0.2, 0) is 6.54 Å². The number of methoxy groups -OCH3 is 1. The smallest absolute Gasteiger partial charge is 0.160 e. The predicted molar refractivity (Wildman–Crippen MR) is 59.5 cm³/mol. The molecule has 0 heterocycles. The van der Waals surface area contributed by atoms with Crippen LogP contribution < -0.4 is 10.1 Å². The van der Waals surface area contributed by atoms with E-state index >= 15 is 0 Å². The molecule has 5 nitrogen and oxygen atoms in total. The first kappa shape index (κ1) is 12.8. The van der Waals surface area contributed by atoms with Crippen LogP contribution in [0, 0.1) is 0 Å². The molecule has 1 aromatic carbocycles. The zero-order valence-electron chi connectivity index (χ0n) is 9.18. The zero-order chi connectivity index (χ0) is 12.0. The van der Waals surface area contributed by atoms with Crippen LogP contribution in [0.3, 0.4) is 0 Å². The number of hydrogen-bond donors (Lipinski definition) is 4. The summed E-state index contributed by atoms with van der Waals surface area (Å²) in [5.74, 6) is 0.496. The van der Waals surface area contributed by atoms with Crippen LogP contribution in [0.15, 0.2) is 18.2 Å². The maximum atomic E-state index is 9.38. The highest BCUT2D eigenvalue weighted by molar-refractivity contribution is 5.41. The first-order valence-corrected chi connectivity index (χ1v) is 5.02. The highest BCUT2D eigenvalue weighted by Crippen LogP contribution is 2.26. The van der Waals surface area contributed by atoms with Gasteiger partial charge in [-0.1, -0.05) is 6.07 Å². The standard InChI is InChI=1S/C11H17NO4/c1-16-11-4-8(2-3-10(11)15)5-12-9(6-13)7-14/h2-4,9,12-15H,5-7H2,1H3. The normalized spacial score (nSPS) is 10.8. The molecule has 1 aromatic rings. The molecule has 0 spiro atoms. The van der Waals surface area contributed by atoms with E-state index in [0.29, 0.717) is 12.3 Å². The van der Waals surface area contributed by atoms with E-state index in [9.17, 15) is 5.11 Å². The summed E-state index contributed by atoms with van der Waals surface area (Å²) in [4.78, 5) is 0. The molecule has 0 atom stereocenters. The molecular weight excluding hydrogens is 210 g/mol. The van der Waals surface area contributed by atoms with E-state index in [2.05, 4.69) is 5.32 Å². The van der Waals surface area contributed by atoms with Gasteiger partial charge in [0.25, 0.3) is 0 Å². The average Bonchev–Trinajstić information content (AvgIpc) is 2.32. The van der Waals surface area contributed by atoms with Crippen LogP contribution in [0.1, 0.15) is 5.56 Å². The lowest BCUT2D eigenvalue weighted by molar-refractivity contribution is 0.170. The molecule has 0 aliphatic rings. The van der Waals surface area contributed by atoms with E-state index in [0.717, 1.165) is 5.56 Å². The van der Waals surface area contributed by atoms with Gasteiger partial charge in [0, 0.05) is 6.54 Å². The van der Waals surface area contributed by atoms with Crippen LogP contribution in [0.5, 0.6) is 11.5 Å². The molecule has 4 N–H and O–H groups in total. The van der Waals surface area contributed by atoms with E-state index in [1.54, 1.807) is 18.2 Å². The minimum Gasteiger partial charge on any atom is -0.504 e. The number of ether oxygens (including phenoxy) is 1. The van der Waals surface area contributed by atoms with Crippen molar-refractivity contribution in [2.45, 2.75) is 12.6 Å². The van der Waals surface area contributed by atoms with Crippen molar-refractivity contribution in [3.05, 3.63) is 23.8 Å². The van der Waals surface area contributed by atoms with Gasteiger partial charge in [0.15, 0.2) is 11.5 Å². The van der Waals surface area contributed by atoms with Crippen molar-refractivity contribution in [3.8, 4) is 11.5 Å². The van der Waals surface area contributed by atoms with Crippen LogP contribution in [0.25, 0.3) is 0 Å². The molecule has 0 amide bonds. The Balaban J connectivity index is 2.60. The molecule has 0 aliphatic heterocycles. The summed E-state index contributed by atoms with van der Waals surface area (Å²) in [6.45, 7) is 0.250. The Morgan fingerprint density at radius 1 is 1.31 bits per heavy atom. The number of aliphatic hydroxyl groups excluding tert-OH is 2. The summed E-state index contributed by atoms with van der Waals surface area (Å²) in [6, 6.07) is 4.66. The van der Waals surface area contributed by atoms with Crippen molar-refractivity contribution in [1.29, 1.82) is 0 Å². The van der Waals surface area contributed by atoms with Gasteiger partial charge in [0.2, 0.25) is 0 Å². The fourth-order valence-corrected chi connectivity index (χ4v) is 1.28. The molecule has 0 aromatic heterocycles. The molecule has 0 fully saturated rings. The van der Waals surface area contributed by atoms with E-state index in [-0.39, 0.29) is 25.0 Å². The number of benzene rings is 1. The van der Waals surface area contributed by atoms with Gasteiger partial charge in [-0.3, -0.25) is 0 Å². The van der Waals surface area contributed by atoms with E-state index in [1.165, 1.54) is 7.11 Å². The average molecular weight is 227 g/mol. The van der Waals surface area contributed by atoms with Gasteiger partial charge in [-0.15, -0.1) is 0 Å². The Hall–Kier alpha value is -1.30. The van der Waals surface area contributed by atoms with Crippen molar-refractivity contribution in [1.82, 2.24) is 5.32 Å². The first-order chi connectivity index (χ1) is 7.71. The molecule has 0 aliphatic carbocycles. The van der Waals surface area contributed by atoms with Crippen molar-refractivity contribution in [2.24, 2.45) is 0 Å². The second kappa shape index (κ2) is 6.32. The summed E-state index contributed by atoms with van der Waals surface area (Å²) in [6.07, 6.45) is 0. The molecule has 0 saturated heterocycles. The number of aromatic hydroxyl groups is 1. The molecular formula is C11H17NO4. The Bertz CT molecular complexity index is 326. The Morgan fingerprint density at radius 3 is 2.56 bits per heavy atom. The van der Waals surface area contributed by atoms with Gasteiger partial charge >= 0.3 is 0 Å². The Morgan fingerprint density at radius 2 is 2.00 bits per heavy atom. The van der Waals surface area contributed by atoms with Crippen LogP contribution in [0.2, 0.25) is 0 Å². The van der Waals surface area contributed by atoms with Crippen LogP contribution >= 0.6 is 0 Å². The molecule has 0 saturated carbocycles. The summed E-state index contributed by atoms with van der Waals surface area (Å²) in [5, 5.41) is 30.1. The molecule has 0 radical (unpaired) electrons. The largest absolute Gasteiger partial charge is 0.504 e. The van der Waals surface area contributed by atoms with E-state index in [1.807, 2.05) is 0 Å². The third kappa shape index (κ3) is 3.37. The second-order valence-electron chi connectivity index (χ2n) is 3.45. The van der Waals surface area contributed by atoms with Crippen molar-refractivity contribution < 1.29 is 20.1 Å². The van der Waals surface area contributed by atoms with Crippen molar-refractivity contribution >= 4 is 0 Å². The van der Waals surface area contributed by atoms with Gasteiger partial charge in [0.1, 0.15) is 0 Å². The molecule has 5 heteroatoms. The molecule has 1 rings (SSSR count). The SMILES string of the molecule is COc1cc(CNC(CO)CO)ccc1O. The van der Waals surface area contributed by atoms with Gasteiger partial charge in [-0.25, -0.2) is 0 Å². The molecule has 90 valence electrons. The lowest BCUT2D eigenvalue weighted by Gasteiger charge is -2.13. The Labute approximate surface area is 94.3 Å². The van der Waals surface area contributed by atoms with E-state index < -0.39 is 0 Å². The minimum absolute atomic E-state index is 0.0899. The maximum absolute atomic E-state index is 9.38.